The Labute approximate surface area is 119 Å². The molecule has 1 aromatic rings. The van der Waals surface area contributed by atoms with Gasteiger partial charge in [-0.1, -0.05) is 13.8 Å². The smallest absolute Gasteiger partial charge is 0.250 e. The predicted octanol–water partition coefficient (Wildman–Crippen LogP) is 1.55. The van der Waals surface area contributed by atoms with Crippen molar-refractivity contribution >= 4 is 21.4 Å². The average molecular weight is 306 g/mol. The van der Waals surface area contributed by atoms with Gasteiger partial charge in [0.05, 0.1) is 6.61 Å². The van der Waals surface area contributed by atoms with Crippen LogP contribution < -0.4 is 10.5 Å². The highest BCUT2D eigenvalue weighted by Gasteiger charge is 2.23. The highest BCUT2D eigenvalue weighted by Crippen LogP contribution is 2.21. The van der Waals surface area contributed by atoms with Crippen LogP contribution in [0.3, 0.4) is 0 Å². The minimum atomic E-state index is -3.49. The van der Waals surface area contributed by atoms with E-state index in [0.29, 0.717) is 24.0 Å². The van der Waals surface area contributed by atoms with Gasteiger partial charge in [-0.2, -0.15) is 0 Å². The van der Waals surface area contributed by atoms with Crippen molar-refractivity contribution in [3.63, 3.8) is 0 Å². The van der Waals surface area contributed by atoms with E-state index in [1.165, 1.54) is 11.3 Å². The van der Waals surface area contributed by atoms with Gasteiger partial charge in [0.1, 0.15) is 4.21 Å². The second-order valence-electron chi connectivity index (χ2n) is 4.56. The van der Waals surface area contributed by atoms with Gasteiger partial charge in [-0.25, -0.2) is 13.1 Å². The minimum absolute atomic E-state index is 0.162. The molecule has 1 aromatic heterocycles. The molecule has 0 fully saturated rings. The molecule has 0 saturated heterocycles. The van der Waals surface area contributed by atoms with Crippen molar-refractivity contribution in [2.75, 3.05) is 13.2 Å². The molecule has 0 aromatic carbocycles. The summed E-state index contributed by atoms with van der Waals surface area (Å²) in [5.74, 6) is 0.162. The molecule has 19 heavy (non-hydrogen) atoms. The molecular formula is C12H22N2O3S2. The van der Waals surface area contributed by atoms with Crippen molar-refractivity contribution in [1.29, 1.82) is 0 Å². The Balaban J connectivity index is 2.81. The van der Waals surface area contributed by atoms with E-state index in [4.69, 9.17) is 10.5 Å². The maximum Gasteiger partial charge on any atom is 0.250 e. The number of thiophene rings is 1. The van der Waals surface area contributed by atoms with Gasteiger partial charge in [0.2, 0.25) is 10.0 Å². The van der Waals surface area contributed by atoms with Crippen LogP contribution in [0.5, 0.6) is 0 Å². The fraction of sp³-hybridized carbons (Fsp3) is 0.667. The summed E-state index contributed by atoms with van der Waals surface area (Å²) in [6.07, 6.45) is 0. The zero-order chi connectivity index (χ0) is 14.5. The van der Waals surface area contributed by atoms with Crippen LogP contribution in [0.15, 0.2) is 16.3 Å². The Kier molecular flexibility index (Phi) is 6.41. The summed E-state index contributed by atoms with van der Waals surface area (Å²) in [6.45, 7) is 7.12. The van der Waals surface area contributed by atoms with Crippen LogP contribution >= 0.6 is 11.3 Å². The fourth-order valence-corrected chi connectivity index (χ4v) is 4.10. The zero-order valence-electron chi connectivity index (χ0n) is 11.5. The number of sulfonamides is 1. The number of ether oxygens (including phenoxy) is 1. The van der Waals surface area contributed by atoms with E-state index >= 15 is 0 Å². The molecule has 110 valence electrons. The lowest BCUT2D eigenvalue weighted by Crippen LogP contribution is -2.41. The van der Waals surface area contributed by atoms with Gasteiger partial charge < -0.3 is 10.5 Å². The van der Waals surface area contributed by atoms with Crippen molar-refractivity contribution in [2.45, 2.75) is 37.6 Å². The van der Waals surface area contributed by atoms with Gasteiger partial charge in [0.25, 0.3) is 0 Å². The standard InChI is InChI=1S/C12H22N2O3S2/c1-4-17-8-11(9(2)3)14-19(15,16)12-6-5-10(7-13)18-12/h5-6,9,11,14H,4,7-8,13H2,1-3H3. The third-order valence-corrected chi connectivity index (χ3v) is 5.81. The van der Waals surface area contributed by atoms with Crippen molar-refractivity contribution in [3.05, 3.63) is 17.0 Å². The zero-order valence-corrected chi connectivity index (χ0v) is 13.2. The normalized spacial score (nSPS) is 13.9. The number of hydrogen-bond acceptors (Lipinski definition) is 5. The Morgan fingerprint density at radius 1 is 1.42 bits per heavy atom. The van der Waals surface area contributed by atoms with Gasteiger partial charge in [-0.15, -0.1) is 11.3 Å². The van der Waals surface area contributed by atoms with Gasteiger partial charge in [0, 0.05) is 24.1 Å². The molecule has 7 heteroatoms. The van der Waals surface area contributed by atoms with E-state index < -0.39 is 10.0 Å². The third-order valence-electron chi connectivity index (χ3n) is 2.72. The lowest BCUT2D eigenvalue weighted by atomic mass is 10.1. The quantitative estimate of drug-likeness (QED) is 0.763. The van der Waals surface area contributed by atoms with Crippen LogP contribution in [-0.2, 0) is 21.3 Å². The molecule has 0 aliphatic rings. The molecule has 1 heterocycles. The molecule has 0 saturated carbocycles. The monoisotopic (exact) mass is 306 g/mol. The lowest BCUT2D eigenvalue weighted by molar-refractivity contribution is 0.116. The van der Waals surface area contributed by atoms with Crippen LogP contribution in [0.25, 0.3) is 0 Å². The molecule has 3 N–H and O–H groups in total. The van der Waals surface area contributed by atoms with E-state index in [0.717, 1.165) is 4.88 Å². The summed E-state index contributed by atoms with van der Waals surface area (Å²) < 4.78 is 32.8. The number of nitrogens with one attached hydrogen (secondary N) is 1. The third kappa shape index (κ3) is 4.85. The summed E-state index contributed by atoms with van der Waals surface area (Å²) in [4.78, 5) is 0.853. The average Bonchev–Trinajstić information content (AvgIpc) is 2.83. The summed E-state index contributed by atoms with van der Waals surface area (Å²) in [5.41, 5.74) is 5.50. The number of nitrogens with two attached hydrogens (primary N) is 1. The van der Waals surface area contributed by atoms with Gasteiger partial charge >= 0.3 is 0 Å². The largest absolute Gasteiger partial charge is 0.380 e. The van der Waals surface area contributed by atoms with Crippen molar-refractivity contribution in [2.24, 2.45) is 11.7 Å². The number of hydrogen-bond donors (Lipinski definition) is 2. The summed E-state index contributed by atoms with van der Waals surface area (Å²) in [5, 5.41) is 0. The molecule has 1 atom stereocenters. The molecule has 0 spiro atoms. The molecule has 5 nitrogen and oxygen atoms in total. The Morgan fingerprint density at radius 3 is 2.58 bits per heavy atom. The molecule has 1 rings (SSSR count). The van der Waals surface area contributed by atoms with Gasteiger partial charge in [0.15, 0.2) is 0 Å². The predicted molar refractivity (Wildman–Crippen MR) is 77.7 cm³/mol. The summed E-state index contributed by atoms with van der Waals surface area (Å²) in [6, 6.07) is 3.10. The maximum atomic E-state index is 12.2. The van der Waals surface area contributed by atoms with E-state index in [1.807, 2.05) is 20.8 Å². The van der Waals surface area contributed by atoms with Crippen molar-refractivity contribution < 1.29 is 13.2 Å². The maximum absolute atomic E-state index is 12.2. The Hall–Kier alpha value is -0.470. The first-order valence-electron chi connectivity index (χ1n) is 6.29. The van der Waals surface area contributed by atoms with Gasteiger partial charge in [-0.3, -0.25) is 0 Å². The fourth-order valence-electron chi connectivity index (χ4n) is 1.48. The first-order chi connectivity index (χ1) is 8.90. The van der Waals surface area contributed by atoms with E-state index in [9.17, 15) is 8.42 Å². The first kappa shape index (κ1) is 16.6. The highest BCUT2D eigenvalue weighted by atomic mass is 32.2. The molecule has 1 unspecified atom stereocenters. The van der Waals surface area contributed by atoms with E-state index in [2.05, 4.69) is 4.72 Å². The molecular weight excluding hydrogens is 284 g/mol. The molecule has 0 aliphatic heterocycles. The highest BCUT2D eigenvalue weighted by molar-refractivity contribution is 7.91. The second kappa shape index (κ2) is 7.35. The van der Waals surface area contributed by atoms with Crippen LogP contribution in [0.4, 0.5) is 0 Å². The van der Waals surface area contributed by atoms with E-state index in [-0.39, 0.29) is 12.0 Å². The first-order valence-corrected chi connectivity index (χ1v) is 8.59. The molecule has 0 aliphatic carbocycles. The van der Waals surface area contributed by atoms with Crippen LogP contribution in [-0.4, -0.2) is 27.7 Å². The van der Waals surface area contributed by atoms with Crippen LogP contribution in [0.2, 0.25) is 0 Å². The molecule has 0 amide bonds. The summed E-state index contributed by atoms with van der Waals surface area (Å²) in [7, 11) is -3.49. The number of rotatable bonds is 8. The topological polar surface area (TPSA) is 81.4 Å². The SMILES string of the molecule is CCOCC(NS(=O)(=O)c1ccc(CN)s1)C(C)C. The second-order valence-corrected chi connectivity index (χ2v) is 7.67. The lowest BCUT2D eigenvalue weighted by Gasteiger charge is -2.21. The van der Waals surface area contributed by atoms with Gasteiger partial charge in [-0.05, 0) is 25.0 Å². The summed E-state index contributed by atoms with van der Waals surface area (Å²) >= 11 is 1.20. The van der Waals surface area contributed by atoms with Crippen LogP contribution in [0, 0.1) is 5.92 Å². The van der Waals surface area contributed by atoms with Crippen LogP contribution in [0.1, 0.15) is 25.6 Å². The van der Waals surface area contributed by atoms with Crippen molar-refractivity contribution in [3.8, 4) is 0 Å². The molecule has 0 bridgehead atoms. The minimum Gasteiger partial charge on any atom is -0.380 e. The van der Waals surface area contributed by atoms with E-state index in [1.54, 1.807) is 12.1 Å². The Morgan fingerprint density at radius 2 is 2.11 bits per heavy atom. The molecule has 0 radical (unpaired) electrons. The van der Waals surface area contributed by atoms with Crippen molar-refractivity contribution in [1.82, 2.24) is 4.72 Å². The Bertz CT molecular complexity index is 483.